The molecule has 0 aliphatic carbocycles. The van der Waals surface area contributed by atoms with E-state index in [4.69, 9.17) is 5.73 Å². The highest BCUT2D eigenvalue weighted by molar-refractivity contribution is 5.26. The van der Waals surface area contributed by atoms with Gasteiger partial charge in [-0.05, 0) is 29.9 Å². The van der Waals surface area contributed by atoms with Gasteiger partial charge < -0.3 is 5.73 Å². The fraction of sp³-hybridized carbons (Fsp3) is 0.571. The molecule has 0 amide bonds. The molecule has 1 atom stereocenters. The molecule has 84 valence electrons. The third kappa shape index (κ3) is 4.05. The van der Waals surface area contributed by atoms with Crippen molar-refractivity contribution in [3.8, 4) is 0 Å². The Labute approximate surface area is 93.7 Å². The summed E-state index contributed by atoms with van der Waals surface area (Å²) in [7, 11) is 0. The zero-order valence-electron chi connectivity index (χ0n) is 10.2. The number of hydrogen-bond acceptors (Lipinski definition) is 1. The predicted octanol–water partition coefficient (Wildman–Crippen LogP) is 3.69. The van der Waals surface area contributed by atoms with Crippen LogP contribution in [0.3, 0.4) is 0 Å². The van der Waals surface area contributed by atoms with E-state index in [1.807, 2.05) is 0 Å². The van der Waals surface area contributed by atoms with E-state index >= 15 is 0 Å². The van der Waals surface area contributed by atoms with Gasteiger partial charge >= 0.3 is 0 Å². The van der Waals surface area contributed by atoms with Gasteiger partial charge in [-0.3, -0.25) is 0 Å². The molecule has 0 radical (unpaired) electrons. The molecule has 1 aromatic carbocycles. The SMILES string of the molecule is CCCC(N)c1cccc(CC(C)C)c1. The van der Waals surface area contributed by atoms with Crippen molar-refractivity contribution in [2.75, 3.05) is 0 Å². The fourth-order valence-corrected chi connectivity index (χ4v) is 1.90. The van der Waals surface area contributed by atoms with Crippen LogP contribution < -0.4 is 5.73 Å². The van der Waals surface area contributed by atoms with Crippen molar-refractivity contribution in [3.63, 3.8) is 0 Å². The first-order chi connectivity index (χ1) is 7.13. The average Bonchev–Trinajstić information content (AvgIpc) is 2.17. The summed E-state index contributed by atoms with van der Waals surface area (Å²) < 4.78 is 0. The van der Waals surface area contributed by atoms with Gasteiger partial charge in [0.05, 0.1) is 0 Å². The van der Waals surface area contributed by atoms with Gasteiger partial charge in [-0.25, -0.2) is 0 Å². The minimum atomic E-state index is 0.210. The predicted molar refractivity (Wildman–Crippen MR) is 66.8 cm³/mol. The second-order valence-electron chi connectivity index (χ2n) is 4.74. The second kappa shape index (κ2) is 5.92. The third-order valence-corrected chi connectivity index (χ3v) is 2.62. The molecule has 15 heavy (non-hydrogen) atoms. The van der Waals surface area contributed by atoms with Crippen molar-refractivity contribution in [2.45, 2.75) is 46.1 Å². The summed E-state index contributed by atoms with van der Waals surface area (Å²) in [4.78, 5) is 0. The summed E-state index contributed by atoms with van der Waals surface area (Å²) in [6, 6.07) is 8.94. The lowest BCUT2D eigenvalue weighted by atomic mass is 9.97. The zero-order valence-corrected chi connectivity index (χ0v) is 10.2. The maximum absolute atomic E-state index is 6.11. The summed E-state index contributed by atoms with van der Waals surface area (Å²) >= 11 is 0. The molecule has 2 N–H and O–H groups in total. The molecule has 1 unspecified atom stereocenters. The van der Waals surface area contributed by atoms with Crippen molar-refractivity contribution >= 4 is 0 Å². The van der Waals surface area contributed by atoms with Crippen molar-refractivity contribution in [1.82, 2.24) is 0 Å². The van der Waals surface area contributed by atoms with E-state index in [1.165, 1.54) is 11.1 Å². The lowest BCUT2D eigenvalue weighted by Crippen LogP contribution is -2.10. The molecule has 0 saturated carbocycles. The van der Waals surface area contributed by atoms with E-state index in [2.05, 4.69) is 45.0 Å². The molecule has 0 heterocycles. The maximum Gasteiger partial charge on any atom is 0.0294 e. The molecule has 0 saturated heterocycles. The van der Waals surface area contributed by atoms with E-state index in [-0.39, 0.29) is 6.04 Å². The molecular formula is C14H23N. The van der Waals surface area contributed by atoms with Crippen LogP contribution in [0.1, 0.15) is 50.8 Å². The van der Waals surface area contributed by atoms with Gasteiger partial charge in [0.15, 0.2) is 0 Å². The molecule has 0 bridgehead atoms. The quantitative estimate of drug-likeness (QED) is 0.779. The standard InChI is InChI=1S/C14H23N/c1-4-6-14(15)13-8-5-7-12(10-13)9-11(2)3/h5,7-8,10-11,14H,4,6,9,15H2,1-3H3. The van der Waals surface area contributed by atoms with Crippen LogP contribution in [0.25, 0.3) is 0 Å². The number of nitrogens with two attached hydrogens (primary N) is 1. The maximum atomic E-state index is 6.11. The van der Waals surface area contributed by atoms with Gasteiger partial charge in [0.25, 0.3) is 0 Å². The largest absolute Gasteiger partial charge is 0.324 e. The Hall–Kier alpha value is -0.820. The Morgan fingerprint density at radius 2 is 2.00 bits per heavy atom. The van der Waals surface area contributed by atoms with E-state index in [0.717, 1.165) is 19.3 Å². The Bertz CT molecular complexity index is 291. The van der Waals surface area contributed by atoms with Gasteiger partial charge in [-0.2, -0.15) is 0 Å². The smallest absolute Gasteiger partial charge is 0.0294 e. The normalized spacial score (nSPS) is 13.1. The van der Waals surface area contributed by atoms with Crippen molar-refractivity contribution in [2.24, 2.45) is 11.7 Å². The molecule has 1 heteroatoms. The molecular weight excluding hydrogens is 182 g/mol. The van der Waals surface area contributed by atoms with Gasteiger partial charge in [0, 0.05) is 6.04 Å². The molecule has 0 fully saturated rings. The summed E-state index contributed by atoms with van der Waals surface area (Å²) in [6.45, 7) is 6.68. The average molecular weight is 205 g/mol. The highest BCUT2D eigenvalue weighted by Gasteiger charge is 2.05. The van der Waals surface area contributed by atoms with Crippen LogP contribution >= 0.6 is 0 Å². The Kier molecular flexibility index (Phi) is 4.83. The lowest BCUT2D eigenvalue weighted by Gasteiger charge is -2.13. The van der Waals surface area contributed by atoms with Crippen LogP contribution in [-0.4, -0.2) is 0 Å². The lowest BCUT2D eigenvalue weighted by molar-refractivity contribution is 0.628. The minimum absolute atomic E-state index is 0.210. The van der Waals surface area contributed by atoms with Crippen molar-refractivity contribution in [1.29, 1.82) is 0 Å². The molecule has 0 aliphatic rings. The van der Waals surface area contributed by atoms with Crippen LogP contribution in [0.15, 0.2) is 24.3 Å². The highest BCUT2D eigenvalue weighted by Crippen LogP contribution is 2.18. The van der Waals surface area contributed by atoms with E-state index in [1.54, 1.807) is 0 Å². The first-order valence-corrected chi connectivity index (χ1v) is 5.98. The van der Waals surface area contributed by atoms with Crippen LogP contribution in [0.5, 0.6) is 0 Å². The van der Waals surface area contributed by atoms with E-state index in [9.17, 15) is 0 Å². The van der Waals surface area contributed by atoms with Crippen LogP contribution in [-0.2, 0) is 6.42 Å². The minimum Gasteiger partial charge on any atom is -0.324 e. The molecule has 1 aromatic rings. The summed E-state index contributed by atoms with van der Waals surface area (Å²) in [5.74, 6) is 0.711. The van der Waals surface area contributed by atoms with Crippen LogP contribution in [0, 0.1) is 5.92 Å². The summed E-state index contributed by atoms with van der Waals surface area (Å²) in [5.41, 5.74) is 8.80. The Morgan fingerprint density at radius 3 is 2.60 bits per heavy atom. The fourth-order valence-electron chi connectivity index (χ4n) is 1.90. The highest BCUT2D eigenvalue weighted by atomic mass is 14.6. The van der Waals surface area contributed by atoms with Gasteiger partial charge in [-0.1, -0.05) is 51.5 Å². The van der Waals surface area contributed by atoms with Gasteiger partial charge in [0.2, 0.25) is 0 Å². The summed E-state index contributed by atoms with van der Waals surface area (Å²) in [5, 5.41) is 0. The third-order valence-electron chi connectivity index (χ3n) is 2.62. The van der Waals surface area contributed by atoms with E-state index < -0.39 is 0 Å². The zero-order chi connectivity index (χ0) is 11.3. The molecule has 0 aliphatic heterocycles. The summed E-state index contributed by atoms with van der Waals surface area (Å²) in [6.07, 6.45) is 3.37. The first kappa shape index (κ1) is 12.3. The van der Waals surface area contributed by atoms with Gasteiger partial charge in [0.1, 0.15) is 0 Å². The molecule has 0 spiro atoms. The molecule has 0 aromatic heterocycles. The topological polar surface area (TPSA) is 26.0 Å². The number of rotatable bonds is 5. The van der Waals surface area contributed by atoms with Gasteiger partial charge in [-0.15, -0.1) is 0 Å². The first-order valence-electron chi connectivity index (χ1n) is 5.98. The second-order valence-corrected chi connectivity index (χ2v) is 4.74. The monoisotopic (exact) mass is 205 g/mol. The van der Waals surface area contributed by atoms with Crippen LogP contribution in [0.2, 0.25) is 0 Å². The number of hydrogen-bond donors (Lipinski definition) is 1. The van der Waals surface area contributed by atoms with Crippen molar-refractivity contribution in [3.05, 3.63) is 35.4 Å². The van der Waals surface area contributed by atoms with Crippen LogP contribution in [0.4, 0.5) is 0 Å². The number of benzene rings is 1. The molecule has 1 nitrogen and oxygen atoms in total. The van der Waals surface area contributed by atoms with Crippen molar-refractivity contribution < 1.29 is 0 Å². The molecule has 1 rings (SSSR count). The Balaban J connectivity index is 2.73. The Morgan fingerprint density at radius 1 is 1.27 bits per heavy atom. The van der Waals surface area contributed by atoms with E-state index in [0.29, 0.717) is 5.92 Å².